The summed E-state index contributed by atoms with van der Waals surface area (Å²) in [7, 11) is 0. The van der Waals surface area contributed by atoms with Crippen LogP contribution in [0.25, 0.3) is 0 Å². The van der Waals surface area contributed by atoms with Crippen molar-refractivity contribution < 1.29 is 18.9 Å². The molecular weight excluding hydrogens is 238 g/mol. The van der Waals surface area contributed by atoms with Gasteiger partial charge in [-0.2, -0.15) is 0 Å². The molecule has 1 aliphatic rings. The summed E-state index contributed by atoms with van der Waals surface area (Å²) in [6.45, 7) is 3.27. The first-order valence-corrected chi connectivity index (χ1v) is 5.56. The minimum atomic E-state index is -0.691. The van der Waals surface area contributed by atoms with E-state index in [9.17, 15) is 14.4 Å². The van der Waals surface area contributed by atoms with Crippen molar-refractivity contribution in [2.24, 2.45) is 0 Å². The number of aryl methyl sites for hydroxylation is 2. The van der Waals surface area contributed by atoms with E-state index in [1.165, 1.54) is 0 Å². The summed E-state index contributed by atoms with van der Waals surface area (Å²) in [6.07, 6.45) is 0.526. The lowest BCUT2D eigenvalue weighted by atomic mass is 10.1. The first kappa shape index (κ1) is 12.3. The highest BCUT2D eigenvalue weighted by Crippen LogP contribution is 2.13. The molecule has 1 unspecified atom stereocenters. The molecule has 1 saturated heterocycles. The average Bonchev–Trinajstić information content (AvgIpc) is 2.62. The van der Waals surface area contributed by atoms with Crippen LogP contribution in [0.1, 0.15) is 34.7 Å². The van der Waals surface area contributed by atoms with E-state index in [1.807, 2.05) is 0 Å². The molecule has 7 nitrogen and oxygen atoms in total. The zero-order valence-corrected chi connectivity index (χ0v) is 10.1. The number of carbonyl (C=O) groups excluding carboxylic acids is 3. The van der Waals surface area contributed by atoms with Gasteiger partial charge in [0.1, 0.15) is 17.4 Å². The number of hydrogen-bond acceptors (Lipinski definition) is 5. The molecule has 2 heterocycles. The van der Waals surface area contributed by atoms with Crippen LogP contribution in [0, 0.1) is 13.8 Å². The van der Waals surface area contributed by atoms with E-state index >= 15 is 0 Å². The molecular formula is C11H13N3O4. The van der Waals surface area contributed by atoms with Crippen LogP contribution in [0.5, 0.6) is 0 Å². The molecule has 18 heavy (non-hydrogen) atoms. The van der Waals surface area contributed by atoms with Gasteiger partial charge in [-0.3, -0.25) is 19.7 Å². The van der Waals surface area contributed by atoms with Crippen LogP contribution in [-0.2, 0) is 9.59 Å². The van der Waals surface area contributed by atoms with Gasteiger partial charge in [-0.25, -0.2) is 0 Å². The first-order valence-electron chi connectivity index (χ1n) is 5.56. The molecule has 1 aliphatic heterocycles. The molecule has 0 spiro atoms. The van der Waals surface area contributed by atoms with Crippen molar-refractivity contribution in [2.75, 3.05) is 0 Å². The van der Waals surface area contributed by atoms with Gasteiger partial charge in [0.25, 0.3) is 5.91 Å². The molecule has 2 N–H and O–H groups in total. The fourth-order valence-electron chi connectivity index (χ4n) is 1.87. The minimum absolute atomic E-state index is 0.221. The van der Waals surface area contributed by atoms with Crippen molar-refractivity contribution in [2.45, 2.75) is 32.7 Å². The Bertz CT molecular complexity index is 501. The maximum atomic E-state index is 12.0. The molecule has 0 aliphatic carbocycles. The zero-order valence-electron chi connectivity index (χ0n) is 10.1. The minimum Gasteiger partial charge on any atom is -0.361 e. The average molecular weight is 251 g/mol. The standard InChI is InChI=1S/C11H13N3O4/c1-5-9(6(2)18-14-5)11(17)12-7-3-4-8(15)13-10(7)16/h7H,3-4H2,1-2H3,(H,12,17)(H,13,15,16). The number of carbonyl (C=O) groups is 3. The van der Waals surface area contributed by atoms with E-state index in [0.717, 1.165) is 0 Å². The summed E-state index contributed by atoms with van der Waals surface area (Å²) in [5.41, 5.74) is 0.803. The third-order valence-electron chi connectivity index (χ3n) is 2.80. The van der Waals surface area contributed by atoms with Gasteiger partial charge in [0.05, 0.1) is 5.69 Å². The molecule has 1 fully saturated rings. The summed E-state index contributed by atoms with van der Waals surface area (Å²) in [5, 5.41) is 8.42. The fraction of sp³-hybridized carbons (Fsp3) is 0.455. The second-order valence-corrected chi connectivity index (χ2v) is 4.18. The van der Waals surface area contributed by atoms with Crippen molar-refractivity contribution >= 4 is 17.7 Å². The Morgan fingerprint density at radius 1 is 1.44 bits per heavy atom. The van der Waals surface area contributed by atoms with E-state index in [1.54, 1.807) is 13.8 Å². The second-order valence-electron chi connectivity index (χ2n) is 4.18. The van der Waals surface area contributed by atoms with Gasteiger partial charge >= 0.3 is 0 Å². The van der Waals surface area contributed by atoms with E-state index < -0.39 is 17.9 Å². The third-order valence-corrected chi connectivity index (χ3v) is 2.80. The van der Waals surface area contributed by atoms with E-state index in [2.05, 4.69) is 15.8 Å². The highest BCUT2D eigenvalue weighted by Gasteiger charge is 2.29. The van der Waals surface area contributed by atoms with E-state index in [4.69, 9.17) is 4.52 Å². The molecule has 1 aromatic heterocycles. The number of nitrogens with zero attached hydrogens (tertiary/aromatic N) is 1. The van der Waals surface area contributed by atoms with Crippen LogP contribution >= 0.6 is 0 Å². The van der Waals surface area contributed by atoms with Crippen LogP contribution in [0.15, 0.2) is 4.52 Å². The van der Waals surface area contributed by atoms with Gasteiger partial charge in [-0.15, -0.1) is 0 Å². The number of piperidine rings is 1. The SMILES string of the molecule is Cc1noc(C)c1C(=O)NC1CCC(=O)NC1=O. The maximum absolute atomic E-state index is 12.0. The van der Waals surface area contributed by atoms with Crippen LogP contribution in [0.4, 0.5) is 0 Å². The lowest BCUT2D eigenvalue weighted by Gasteiger charge is -2.21. The Kier molecular flexibility index (Phi) is 3.14. The Balaban J connectivity index is 2.08. The van der Waals surface area contributed by atoms with Gasteiger partial charge in [0, 0.05) is 6.42 Å². The lowest BCUT2D eigenvalue weighted by molar-refractivity contribution is -0.134. The number of amides is 3. The molecule has 0 saturated carbocycles. The van der Waals surface area contributed by atoms with Gasteiger partial charge in [0.2, 0.25) is 11.8 Å². The molecule has 0 aromatic carbocycles. The van der Waals surface area contributed by atoms with Crippen molar-refractivity contribution in [1.29, 1.82) is 0 Å². The highest BCUT2D eigenvalue weighted by atomic mass is 16.5. The molecule has 0 bridgehead atoms. The Morgan fingerprint density at radius 3 is 2.72 bits per heavy atom. The molecule has 7 heteroatoms. The van der Waals surface area contributed by atoms with Crippen molar-refractivity contribution in [1.82, 2.24) is 15.8 Å². The van der Waals surface area contributed by atoms with Crippen LogP contribution in [0.2, 0.25) is 0 Å². The first-order chi connectivity index (χ1) is 8.49. The summed E-state index contributed by atoms with van der Waals surface area (Å²) in [4.78, 5) is 34.4. The molecule has 96 valence electrons. The van der Waals surface area contributed by atoms with Crippen molar-refractivity contribution in [3.63, 3.8) is 0 Å². The van der Waals surface area contributed by atoms with Crippen LogP contribution in [0.3, 0.4) is 0 Å². The normalized spacial score (nSPS) is 19.6. The quantitative estimate of drug-likeness (QED) is 0.710. The van der Waals surface area contributed by atoms with Crippen LogP contribution in [-0.4, -0.2) is 28.9 Å². The summed E-state index contributed by atoms with van der Waals surface area (Å²) < 4.78 is 4.88. The number of nitrogens with one attached hydrogen (secondary N) is 2. The predicted octanol–water partition coefficient (Wildman–Crippen LogP) is -0.174. The molecule has 0 radical (unpaired) electrons. The third kappa shape index (κ3) is 2.24. The zero-order chi connectivity index (χ0) is 13.3. The van der Waals surface area contributed by atoms with Gasteiger partial charge < -0.3 is 9.84 Å². The summed E-state index contributed by atoms with van der Waals surface area (Å²) in [5.74, 6) is -0.813. The van der Waals surface area contributed by atoms with E-state index in [0.29, 0.717) is 23.4 Å². The van der Waals surface area contributed by atoms with Gasteiger partial charge in [0.15, 0.2) is 0 Å². The smallest absolute Gasteiger partial charge is 0.257 e. The summed E-state index contributed by atoms with van der Waals surface area (Å²) in [6, 6.07) is -0.691. The number of imide groups is 1. The Hall–Kier alpha value is -2.18. The predicted molar refractivity (Wildman–Crippen MR) is 59.6 cm³/mol. The monoisotopic (exact) mass is 251 g/mol. The summed E-state index contributed by atoms with van der Waals surface area (Å²) >= 11 is 0. The molecule has 1 atom stereocenters. The fourth-order valence-corrected chi connectivity index (χ4v) is 1.87. The Labute approximate surface area is 103 Å². The number of aromatic nitrogens is 1. The Morgan fingerprint density at radius 2 is 2.17 bits per heavy atom. The topological polar surface area (TPSA) is 101 Å². The van der Waals surface area contributed by atoms with E-state index in [-0.39, 0.29) is 12.3 Å². The van der Waals surface area contributed by atoms with Crippen molar-refractivity contribution in [3.8, 4) is 0 Å². The molecule has 2 rings (SSSR count). The number of rotatable bonds is 2. The van der Waals surface area contributed by atoms with Gasteiger partial charge in [-0.1, -0.05) is 5.16 Å². The lowest BCUT2D eigenvalue weighted by Crippen LogP contribution is -2.52. The van der Waals surface area contributed by atoms with Gasteiger partial charge in [-0.05, 0) is 20.3 Å². The molecule has 3 amide bonds. The van der Waals surface area contributed by atoms with Crippen molar-refractivity contribution in [3.05, 3.63) is 17.0 Å². The molecule has 1 aromatic rings. The largest absolute Gasteiger partial charge is 0.361 e. The second kappa shape index (κ2) is 4.59. The highest BCUT2D eigenvalue weighted by molar-refractivity contribution is 6.04. The number of hydrogen-bond donors (Lipinski definition) is 2. The van der Waals surface area contributed by atoms with Crippen LogP contribution < -0.4 is 10.6 Å². The maximum Gasteiger partial charge on any atom is 0.257 e.